The number of rotatable bonds is 28. The second-order valence-electron chi connectivity index (χ2n) is 27.3. The van der Waals surface area contributed by atoms with Crippen LogP contribution in [0.1, 0.15) is 111 Å². The predicted octanol–water partition coefficient (Wildman–Crippen LogP) is 2.95. The van der Waals surface area contributed by atoms with Gasteiger partial charge in [0.2, 0.25) is 5.78 Å². The number of hydroxylamine groups is 2. The normalized spacial score (nSPS) is 16.1. The zero-order valence-corrected chi connectivity index (χ0v) is 74.2. The number of likely N-dealkylation sites (N-methyl/N-ethyl adjacent to an activating group) is 1. The molecule has 123 heavy (non-hydrogen) atoms. The maximum atomic E-state index is 13.0. The summed E-state index contributed by atoms with van der Waals surface area (Å²) >= 11 is 0. The molecule has 682 valence electrons. The summed E-state index contributed by atoms with van der Waals surface area (Å²) in [6.45, 7) is 22.0. The van der Waals surface area contributed by atoms with Gasteiger partial charge in [0.05, 0.1) is 132 Å². The summed E-state index contributed by atoms with van der Waals surface area (Å²) in [4.78, 5) is 210. The van der Waals surface area contributed by atoms with Crippen molar-refractivity contribution in [2.45, 2.75) is 156 Å². The molecular weight excluding hydrogens is 1630 g/mol. The average molecular weight is 1750 g/mol. The largest absolute Gasteiger partial charge is 0.503 e. The van der Waals surface area contributed by atoms with Crippen molar-refractivity contribution in [2.24, 2.45) is 0 Å². The van der Waals surface area contributed by atoms with Crippen LogP contribution in [0.3, 0.4) is 0 Å². The molecule has 6 heterocycles. The quantitative estimate of drug-likeness (QED) is 0.0406. The lowest BCUT2D eigenvalue weighted by molar-refractivity contribution is -0.166. The number of hydrogen-bond acceptors (Lipinski definition) is 35. The van der Waals surface area contributed by atoms with Crippen LogP contribution in [-0.2, 0) is 154 Å². The first-order valence-electron chi connectivity index (χ1n) is 37.3. The van der Waals surface area contributed by atoms with E-state index in [0.29, 0.717) is 23.3 Å². The zero-order valence-electron chi connectivity index (χ0n) is 74.2. The molecular formula is C81H112FN7O34. The summed E-state index contributed by atoms with van der Waals surface area (Å²) in [5.41, 5.74) is 0.858. The fourth-order valence-electron chi connectivity index (χ4n) is 11.7. The van der Waals surface area contributed by atoms with Crippen molar-refractivity contribution >= 4 is 101 Å². The lowest BCUT2D eigenvalue weighted by atomic mass is 10.1. The van der Waals surface area contributed by atoms with E-state index in [0.717, 1.165) is 41.9 Å². The number of nitrogens with zero attached hydrogens (tertiary/aromatic N) is 6. The molecule has 0 radical (unpaired) electrons. The van der Waals surface area contributed by atoms with Crippen LogP contribution in [0.4, 0.5) is 4.39 Å². The summed E-state index contributed by atoms with van der Waals surface area (Å²) in [5, 5.41) is 13.5. The van der Waals surface area contributed by atoms with E-state index in [1.54, 1.807) is 75.6 Å². The van der Waals surface area contributed by atoms with E-state index in [4.69, 9.17) is 32.9 Å². The monoisotopic (exact) mass is 1750 g/mol. The summed E-state index contributed by atoms with van der Waals surface area (Å²) in [6, 6.07) is 4.30. The van der Waals surface area contributed by atoms with Gasteiger partial charge in [-0.3, -0.25) is 48.0 Å². The van der Waals surface area contributed by atoms with Crippen molar-refractivity contribution in [2.75, 3.05) is 127 Å². The van der Waals surface area contributed by atoms with Crippen molar-refractivity contribution in [3.8, 4) is 0 Å². The number of amides is 6. The number of Topliss-reactive ketones (excluding diaryl/α,β-unsaturated/α-hetero) is 1. The second kappa shape index (κ2) is 51.6. The van der Waals surface area contributed by atoms with Gasteiger partial charge in [-0.1, -0.05) is 26.0 Å². The van der Waals surface area contributed by atoms with Gasteiger partial charge >= 0.3 is 59.7 Å². The first-order valence-corrected chi connectivity index (χ1v) is 37.3. The van der Waals surface area contributed by atoms with Gasteiger partial charge in [0.1, 0.15) is 39.9 Å². The predicted molar refractivity (Wildman–Crippen MR) is 425 cm³/mol. The Bertz CT molecular complexity index is 4340. The van der Waals surface area contributed by atoms with E-state index in [9.17, 15) is 91.0 Å². The van der Waals surface area contributed by atoms with E-state index in [1.165, 1.54) is 121 Å². The number of aliphatic hydroxyl groups excluding tert-OH is 1. The van der Waals surface area contributed by atoms with E-state index in [1.807, 2.05) is 41.5 Å². The molecule has 0 bridgehead atoms. The number of hydrogen-bond donors (Lipinski definition) is 2. The molecule has 7 rings (SSSR count). The highest BCUT2D eigenvalue weighted by Gasteiger charge is 2.53. The molecule has 4 atom stereocenters. The number of benzene rings is 1. The Balaban J connectivity index is 0.000000730. The molecule has 41 nitrogen and oxygen atoms in total. The topological polar surface area (TPSA) is 493 Å². The van der Waals surface area contributed by atoms with E-state index < -0.39 is 113 Å². The first-order chi connectivity index (χ1) is 57.7. The van der Waals surface area contributed by atoms with Crippen LogP contribution in [0.5, 0.6) is 0 Å². The Morgan fingerprint density at radius 2 is 0.854 bits per heavy atom. The number of nitrogens with one attached hydrogen (secondary N) is 1. The average Bonchev–Trinajstić information content (AvgIpc) is 1.61. The summed E-state index contributed by atoms with van der Waals surface area (Å²) in [6.07, 6.45) is 2.42. The van der Waals surface area contributed by atoms with Gasteiger partial charge in [-0.15, -0.1) is 0 Å². The number of ether oxygens (including phenoxy) is 14. The number of methoxy groups -OCH3 is 14. The van der Waals surface area contributed by atoms with Crippen LogP contribution in [0.25, 0.3) is 0 Å². The van der Waals surface area contributed by atoms with Gasteiger partial charge < -0.3 is 106 Å². The number of carbonyl (C=O) groups is 17. The van der Waals surface area contributed by atoms with Crippen molar-refractivity contribution < 1.29 is 167 Å². The smallest absolute Gasteiger partial charge is 0.340 e. The SMILES string of the molecule is COC(=O)/C=C/C(=O)OC.COC(=O)C1=C(O)C(=O)N(C(C)C)C1C(=O)OC.COC(=O)C1=C(OC)C(=O)N(C(C)C)C1.COC(=O)C1=C(OC)C(=O)N(C(C)C)C1C(=O)OC.COC(=O)C1C(C(=O)N(C)OC)=C(OC)C(=O)N1C(C)C.COC(=O)CC(NC(C)C)C(=O)OC.COC1=C(C(=O)c2ccc(Cc3ccc(F)cc3)o2)CN(C(C)C)C1=O. The third-order valence-electron chi connectivity index (χ3n) is 17.7. The van der Waals surface area contributed by atoms with E-state index in [2.05, 4.69) is 47.9 Å². The Labute approximate surface area is 711 Å². The summed E-state index contributed by atoms with van der Waals surface area (Å²) < 4.78 is 83.7. The van der Waals surface area contributed by atoms with Crippen molar-refractivity contribution in [1.82, 2.24) is 34.9 Å². The minimum absolute atomic E-state index is 0.0125. The number of carbonyl (C=O) groups excluding carboxylic acids is 17. The fourth-order valence-corrected chi connectivity index (χ4v) is 11.7. The lowest BCUT2D eigenvalue weighted by Crippen LogP contribution is -2.47. The van der Waals surface area contributed by atoms with Gasteiger partial charge in [-0.05, 0) is 99.1 Å². The Kier molecular flexibility index (Phi) is 45.3. The molecule has 0 saturated heterocycles. The van der Waals surface area contributed by atoms with Gasteiger partial charge in [0.15, 0.2) is 52.7 Å². The zero-order chi connectivity index (χ0) is 94.6. The van der Waals surface area contributed by atoms with E-state index in [-0.39, 0.29) is 125 Å². The molecule has 4 unspecified atom stereocenters. The first kappa shape index (κ1) is 108. The number of halogens is 1. The number of furan rings is 1. The molecule has 0 fully saturated rings. The minimum Gasteiger partial charge on any atom is -0.503 e. The van der Waals surface area contributed by atoms with E-state index >= 15 is 0 Å². The molecule has 42 heteroatoms. The molecule has 5 aliphatic heterocycles. The molecule has 1 aromatic heterocycles. The number of ketones is 1. The van der Waals surface area contributed by atoms with Crippen LogP contribution < -0.4 is 5.32 Å². The molecule has 1 aromatic carbocycles. The van der Waals surface area contributed by atoms with Gasteiger partial charge in [0, 0.05) is 61.9 Å². The highest BCUT2D eigenvalue weighted by molar-refractivity contribution is 6.16. The summed E-state index contributed by atoms with van der Waals surface area (Å²) in [5.74, 6) is -10.4. The van der Waals surface area contributed by atoms with Crippen molar-refractivity contribution in [3.05, 3.63) is 128 Å². The molecule has 2 aromatic rings. The third kappa shape index (κ3) is 28.6. The summed E-state index contributed by atoms with van der Waals surface area (Å²) in [7, 11) is 20.0. The number of aliphatic hydroxyl groups is 1. The maximum Gasteiger partial charge on any atom is 0.340 e. The molecule has 0 spiro atoms. The van der Waals surface area contributed by atoms with Gasteiger partial charge in [-0.25, -0.2) is 47.8 Å². The molecule has 2 N–H and O–H groups in total. The van der Waals surface area contributed by atoms with Gasteiger partial charge in [0.25, 0.3) is 35.4 Å². The maximum absolute atomic E-state index is 13.0. The third-order valence-corrected chi connectivity index (χ3v) is 17.7. The van der Waals surface area contributed by atoms with Crippen LogP contribution >= 0.6 is 0 Å². The van der Waals surface area contributed by atoms with Crippen LogP contribution in [-0.4, -0.2) is 323 Å². The Morgan fingerprint density at radius 1 is 0.463 bits per heavy atom. The highest BCUT2D eigenvalue weighted by atomic mass is 19.1. The fraction of sp³-hybridized carbons (Fsp3) is 0.519. The molecule has 0 aliphatic carbocycles. The second-order valence-corrected chi connectivity index (χ2v) is 27.3. The highest BCUT2D eigenvalue weighted by Crippen LogP contribution is 2.34. The van der Waals surface area contributed by atoms with Crippen molar-refractivity contribution in [1.29, 1.82) is 0 Å². The van der Waals surface area contributed by atoms with Crippen LogP contribution in [0.2, 0.25) is 0 Å². The molecule has 0 saturated carbocycles. The van der Waals surface area contributed by atoms with Crippen LogP contribution in [0.15, 0.2) is 110 Å². The standard InChI is InChI=1S/C20H20FNO4.C13H20N2O6.C12H17NO6.C11H15NO6.C10H15NO4.C9H17NO4.C6H8O4/c1-12(2)22-11-16(19(25-3)20(22)24)18(23)17-9-8-15(26-17)10-13-4-6-14(21)7-5-13;1-7(2)15-9(13(18)20-5)8(10(19-4)12(15)17)11(16)14(3)21-6;1-6(2)13-8(12(16)19-5)7(11(15)18-4)9(17-3)10(13)14;1-5(2)12-7(11(16)18-4)6(10(15)17-3)8(13)9(12)14;1-6(2)11-5-7(10(13)15-4)8(14-3)9(11)12;1-6(2)10-7(9(12)14-4)5-8(11)13-3;1-9-5(7)3-4-6(8)10-2/h4-9,12H,10-11H2,1-3H3;7,9H,1-6H3;6,8H,1-5H3;5,7,13H,1-4H3;6H,5H2,1-4H3;6-7,10H,5H2,1-4H3;3-4H,1-2H3/b;;;;;;4-3+. The van der Waals surface area contributed by atoms with Crippen molar-refractivity contribution in [3.63, 3.8) is 0 Å². The Hall–Kier alpha value is -13.0. The van der Waals surface area contributed by atoms with Crippen LogP contribution in [0, 0.1) is 5.82 Å². The molecule has 6 amide bonds. The molecule has 5 aliphatic rings. The lowest BCUT2D eigenvalue weighted by Gasteiger charge is -2.28. The Morgan fingerprint density at radius 3 is 1.22 bits per heavy atom. The van der Waals surface area contributed by atoms with Gasteiger partial charge in [-0.2, -0.15) is 0 Å². The number of esters is 10. The minimum atomic E-state index is -1.27.